The van der Waals surface area contributed by atoms with Gasteiger partial charge >= 0.3 is 0 Å². The molecule has 3 nitrogen and oxygen atoms in total. The van der Waals surface area contributed by atoms with E-state index in [4.69, 9.17) is 15.2 Å². The molecule has 0 radical (unpaired) electrons. The van der Waals surface area contributed by atoms with Gasteiger partial charge in [-0.3, -0.25) is 0 Å². The molecule has 0 saturated heterocycles. The summed E-state index contributed by atoms with van der Waals surface area (Å²) in [5.41, 5.74) is 7.21. The Morgan fingerprint density at radius 1 is 1.15 bits per heavy atom. The summed E-state index contributed by atoms with van der Waals surface area (Å²) in [5, 5.41) is 0. The summed E-state index contributed by atoms with van der Waals surface area (Å²) in [4.78, 5) is 0. The lowest BCUT2D eigenvalue weighted by Gasteiger charge is -2.17. The lowest BCUT2D eigenvalue weighted by molar-refractivity contribution is 0.281. The van der Waals surface area contributed by atoms with Gasteiger partial charge in [-0.1, -0.05) is 45.2 Å². The molecule has 20 heavy (non-hydrogen) atoms. The maximum absolute atomic E-state index is 6.06. The van der Waals surface area contributed by atoms with E-state index in [0.717, 1.165) is 42.9 Å². The van der Waals surface area contributed by atoms with Gasteiger partial charge in [-0.25, -0.2) is 0 Å². The molecule has 1 aromatic carbocycles. The van der Waals surface area contributed by atoms with E-state index in [9.17, 15) is 0 Å². The molecule has 0 spiro atoms. The van der Waals surface area contributed by atoms with E-state index in [2.05, 4.69) is 19.9 Å². The van der Waals surface area contributed by atoms with Crippen molar-refractivity contribution in [2.24, 2.45) is 5.73 Å². The van der Waals surface area contributed by atoms with Gasteiger partial charge in [0, 0.05) is 6.04 Å². The average Bonchev–Trinajstić information content (AvgIpc) is 2.47. The van der Waals surface area contributed by atoms with Crippen LogP contribution in [0.4, 0.5) is 0 Å². The Labute approximate surface area is 123 Å². The molecule has 0 amide bonds. The van der Waals surface area contributed by atoms with Crippen molar-refractivity contribution in [1.82, 2.24) is 0 Å². The van der Waals surface area contributed by atoms with Crippen molar-refractivity contribution in [3.05, 3.63) is 23.8 Å². The molecule has 0 aliphatic heterocycles. The first-order chi connectivity index (χ1) is 9.72. The van der Waals surface area contributed by atoms with Crippen LogP contribution in [0.5, 0.6) is 11.5 Å². The Morgan fingerprint density at radius 2 is 1.95 bits per heavy atom. The number of rotatable bonds is 10. The molecule has 1 atom stereocenters. The highest BCUT2D eigenvalue weighted by Crippen LogP contribution is 2.32. The molecule has 0 saturated carbocycles. The molecule has 1 rings (SSSR count). The Balaban J connectivity index is 2.68. The zero-order valence-corrected chi connectivity index (χ0v) is 13.2. The standard InChI is InChI=1S/C17H29NO2/c1-4-6-7-8-12-20-17-14(13-15(18)5-2)10-9-11-16(17)19-3/h9-11,15H,4-8,12-13,18H2,1-3H3. The normalized spacial score (nSPS) is 12.2. The molecule has 1 unspecified atom stereocenters. The van der Waals surface area contributed by atoms with Crippen LogP contribution in [0.3, 0.4) is 0 Å². The van der Waals surface area contributed by atoms with Crippen molar-refractivity contribution < 1.29 is 9.47 Å². The van der Waals surface area contributed by atoms with Crippen LogP contribution in [0.15, 0.2) is 18.2 Å². The zero-order chi connectivity index (χ0) is 14.8. The van der Waals surface area contributed by atoms with Crippen LogP contribution in [-0.4, -0.2) is 19.8 Å². The summed E-state index contributed by atoms with van der Waals surface area (Å²) in [5.74, 6) is 1.68. The Kier molecular flexibility index (Phi) is 8.12. The molecule has 2 N–H and O–H groups in total. The summed E-state index contributed by atoms with van der Waals surface area (Å²) >= 11 is 0. The average molecular weight is 279 g/mol. The number of hydrogen-bond acceptors (Lipinski definition) is 3. The smallest absolute Gasteiger partial charge is 0.164 e. The van der Waals surface area contributed by atoms with Crippen molar-refractivity contribution in [2.75, 3.05) is 13.7 Å². The molecule has 0 heterocycles. The van der Waals surface area contributed by atoms with Gasteiger partial charge in [-0.05, 0) is 30.9 Å². The van der Waals surface area contributed by atoms with Gasteiger partial charge in [0.15, 0.2) is 11.5 Å². The molecule has 3 heteroatoms. The molecule has 114 valence electrons. The predicted molar refractivity (Wildman–Crippen MR) is 84.6 cm³/mol. The van der Waals surface area contributed by atoms with Crippen molar-refractivity contribution in [2.45, 2.75) is 58.4 Å². The van der Waals surface area contributed by atoms with Crippen molar-refractivity contribution >= 4 is 0 Å². The third kappa shape index (κ3) is 5.41. The van der Waals surface area contributed by atoms with E-state index in [1.54, 1.807) is 7.11 Å². The number of nitrogens with two attached hydrogens (primary N) is 1. The largest absolute Gasteiger partial charge is 0.493 e. The number of unbranched alkanes of at least 4 members (excludes halogenated alkanes) is 3. The summed E-state index contributed by atoms with van der Waals surface area (Å²) in [7, 11) is 1.68. The van der Waals surface area contributed by atoms with Crippen LogP contribution < -0.4 is 15.2 Å². The fraction of sp³-hybridized carbons (Fsp3) is 0.647. The molecule has 0 aliphatic rings. The molecular formula is C17H29NO2. The van der Waals surface area contributed by atoms with Crippen LogP contribution in [0.25, 0.3) is 0 Å². The van der Waals surface area contributed by atoms with Gasteiger partial charge in [0.1, 0.15) is 0 Å². The van der Waals surface area contributed by atoms with E-state index < -0.39 is 0 Å². The molecule has 0 aliphatic carbocycles. The topological polar surface area (TPSA) is 44.5 Å². The maximum Gasteiger partial charge on any atom is 0.164 e. The lowest BCUT2D eigenvalue weighted by Crippen LogP contribution is -2.21. The zero-order valence-electron chi connectivity index (χ0n) is 13.2. The second-order valence-corrected chi connectivity index (χ2v) is 5.23. The second-order valence-electron chi connectivity index (χ2n) is 5.23. The Bertz CT molecular complexity index is 379. The van der Waals surface area contributed by atoms with Gasteiger partial charge in [-0.15, -0.1) is 0 Å². The number of hydrogen-bond donors (Lipinski definition) is 1. The third-order valence-corrected chi connectivity index (χ3v) is 3.53. The SMILES string of the molecule is CCCCCCOc1c(CC(N)CC)cccc1OC. The molecule has 0 fully saturated rings. The first-order valence-electron chi connectivity index (χ1n) is 7.77. The van der Waals surface area contributed by atoms with Gasteiger partial charge in [0.2, 0.25) is 0 Å². The van der Waals surface area contributed by atoms with Crippen molar-refractivity contribution in [3.8, 4) is 11.5 Å². The highest BCUT2D eigenvalue weighted by Gasteiger charge is 2.12. The van der Waals surface area contributed by atoms with E-state index in [1.807, 2.05) is 12.1 Å². The molecular weight excluding hydrogens is 250 g/mol. The first kappa shape index (κ1) is 16.8. The number of ether oxygens (including phenoxy) is 2. The summed E-state index contributed by atoms with van der Waals surface area (Å²) in [6, 6.07) is 6.20. The Morgan fingerprint density at radius 3 is 2.60 bits per heavy atom. The molecule has 0 bridgehead atoms. The minimum atomic E-state index is 0.171. The fourth-order valence-corrected chi connectivity index (χ4v) is 2.18. The number of para-hydroxylation sites is 1. The maximum atomic E-state index is 6.06. The van der Waals surface area contributed by atoms with E-state index in [1.165, 1.54) is 19.3 Å². The Hall–Kier alpha value is -1.22. The second kappa shape index (κ2) is 9.65. The van der Waals surface area contributed by atoms with Crippen LogP contribution in [0, 0.1) is 0 Å². The lowest BCUT2D eigenvalue weighted by atomic mass is 10.0. The van der Waals surface area contributed by atoms with Crippen molar-refractivity contribution in [1.29, 1.82) is 0 Å². The number of methoxy groups -OCH3 is 1. The predicted octanol–water partition coefficient (Wildman–Crippen LogP) is 3.93. The van der Waals surface area contributed by atoms with Gasteiger partial charge < -0.3 is 15.2 Å². The molecule has 0 aromatic heterocycles. The van der Waals surface area contributed by atoms with E-state index >= 15 is 0 Å². The third-order valence-electron chi connectivity index (χ3n) is 3.53. The highest BCUT2D eigenvalue weighted by atomic mass is 16.5. The summed E-state index contributed by atoms with van der Waals surface area (Å²) in [6.07, 6.45) is 6.61. The van der Waals surface area contributed by atoms with Crippen LogP contribution in [0.1, 0.15) is 51.5 Å². The van der Waals surface area contributed by atoms with E-state index in [0.29, 0.717) is 0 Å². The van der Waals surface area contributed by atoms with Gasteiger partial charge in [-0.2, -0.15) is 0 Å². The molecule has 1 aromatic rings. The first-order valence-corrected chi connectivity index (χ1v) is 7.77. The summed E-state index contributed by atoms with van der Waals surface area (Å²) in [6.45, 7) is 5.07. The van der Waals surface area contributed by atoms with Gasteiger partial charge in [0.05, 0.1) is 13.7 Å². The summed E-state index contributed by atoms with van der Waals surface area (Å²) < 4.78 is 11.4. The van der Waals surface area contributed by atoms with Crippen LogP contribution >= 0.6 is 0 Å². The van der Waals surface area contributed by atoms with Crippen LogP contribution in [-0.2, 0) is 6.42 Å². The van der Waals surface area contributed by atoms with Crippen LogP contribution in [0.2, 0.25) is 0 Å². The minimum Gasteiger partial charge on any atom is -0.493 e. The quantitative estimate of drug-likeness (QED) is 0.660. The number of benzene rings is 1. The van der Waals surface area contributed by atoms with E-state index in [-0.39, 0.29) is 6.04 Å². The van der Waals surface area contributed by atoms with Crippen molar-refractivity contribution in [3.63, 3.8) is 0 Å². The monoisotopic (exact) mass is 279 g/mol. The fourth-order valence-electron chi connectivity index (χ4n) is 2.18. The highest BCUT2D eigenvalue weighted by molar-refractivity contribution is 5.47. The van der Waals surface area contributed by atoms with Gasteiger partial charge in [0.25, 0.3) is 0 Å². The minimum absolute atomic E-state index is 0.171.